The number of unbranched alkanes of at least 4 members (excludes halogenated alkanes) is 1. The zero-order chi connectivity index (χ0) is 12.3. The summed E-state index contributed by atoms with van der Waals surface area (Å²) in [6, 6.07) is 5.63. The molecule has 1 aromatic rings. The number of nitriles is 1. The van der Waals surface area contributed by atoms with Crippen molar-refractivity contribution in [2.24, 2.45) is 0 Å². The summed E-state index contributed by atoms with van der Waals surface area (Å²) in [5, 5.41) is 12.0. The fourth-order valence-electron chi connectivity index (χ4n) is 1.37. The van der Waals surface area contributed by atoms with Gasteiger partial charge in [0.15, 0.2) is 0 Å². The highest BCUT2D eigenvalue weighted by Gasteiger charge is 2.00. The molecule has 0 unspecified atom stereocenters. The van der Waals surface area contributed by atoms with Crippen molar-refractivity contribution >= 4 is 5.82 Å². The molecule has 0 aliphatic carbocycles. The lowest BCUT2D eigenvalue weighted by Crippen LogP contribution is -2.08. The summed E-state index contributed by atoms with van der Waals surface area (Å²) in [5.74, 6) is 0.656. The van der Waals surface area contributed by atoms with E-state index < -0.39 is 0 Å². The highest BCUT2D eigenvalue weighted by Crippen LogP contribution is 2.09. The molecule has 1 rings (SSSR count). The Hall–Kier alpha value is -1.60. The van der Waals surface area contributed by atoms with E-state index in [0.717, 1.165) is 39.0 Å². The van der Waals surface area contributed by atoms with Gasteiger partial charge in [0.25, 0.3) is 0 Å². The van der Waals surface area contributed by atoms with E-state index in [1.165, 1.54) is 0 Å². The molecule has 0 atom stereocenters. The van der Waals surface area contributed by atoms with Crippen LogP contribution >= 0.6 is 0 Å². The Morgan fingerprint density at radius 1 is 1.41 bits per heavy atom. The Morgan fingerprint density at radius 3 is 3.00 bits per heavy atom. The van der Waals surface area contributed by atoms with Gasteiger partial charge in [0.1, 0.15) is 11.9 Å². The Kier molecular flexibility index (Phi) is 6.76. The van der Waals surface area contributed by atoms with Crippen LogP contribution in [-0.4, -0.2) is 24.7 Å². The summed E-state index contributed by atoms with van der Waals surface area (Å²) in [5.41, 5.74) is 0.583. The topological polar surface area (TPSA) is 57.9 Å². The van der Waals surface area contributed by atoms with Gasteiger partial charge in [0.2, 0.25) is 0 Å². The number of aromatic nitrogens is 1. The van der Waals surface area contributed by atoms with E-state index in [1.54, 1.807) is 18.3 Å². The molecular formula is C13H19N3O. The van der Waals surface area contributed by atoms with Crippen molar-refractivity contribution in [3.05, 3.63) is 23.9 Å². The average Bonchev–Trinajstić information content (AvgIpc) is 2.38. The van der Waals surface area contributed by atoms with Crippen molar-refractivity contribution in [3.63, 3.8) is 0 Å². The molecule has 1 heterocycles. The molecule has 1 aromatic heterocycles. The Bertz CT molecular complexity index is 360. The summed E-state index contributed by atoms with van der Waals surface area (Å²) in [6.07, 6.45) is 4.88. The van der Waals surface area contributed by atoms with E-state index in [1.807, 2.05) is 0 Å². The van der Waals surface area contributed by atoms with Crippen LogP contribution in [0.1, 0.15) is 31.7 Å². The molecule has 0 amide bonds. The van der Waals surface area contributed by atoms with Gasteiger partial charge in [-0.2, -0.15) is 5.26 Å². The first-order valence-electron chi connectivity index (χ1n) is 6.05. The van der Waals surface area contributed by atoms with E-state index in [0.29, 0.717) is 11.4 Å². The summed E-state index contributed by atoms with van der Waals surface area (Å²) in [6.45, 7) is 4.51. The van der Waals surface area contributed by atoms with Crippen LogP contribution in [0, 0.1) is 11.3 Å². The fourth-order valence-corrected chi connectivity index (χ4v) is 1.37. The second-order valence-electron chi connectivity index (χ2n) is 3.76. The predicted molar refractivity (Wildman–Crippen MR) is 67.8 cm³/mol. The molecule has 4 heteroatoms. The number of nitrogens with zero attached hydrogens (tertiary/aromatic N) is 2. The van der Waals surface area contributed by atoms with Crippen molar-refractivity contribution in [2.45, 2.75) is 26.2 Å². The number of hydrogen-bond donors (Lipinski definition) is 1. The monoisotopic (exact) mass is 233 g/mol. The molecule has 0 saturated heterocycles. The molecule has 4 nitrogen and oxygen atoms in total. The lowest BCUT2D eigenvalue weighted by Gasteiger charge is -2.07. The second kappa shape index (κ2) is 8.54. The minimum absolute atomic E-state index is 0.583. The number of rotatable bonds is 8. The maximum atomic E-state index is 8.86. The maximum Gasteiger partial charge on any atom is 0.143 e. The molecule has 0 bridgehead atoms. The number of ether oxygens (including phenoxy) is 1. The van der Waals surface area contributed by atoms with Crippen LogP contribution in [0.5, 0.6) is 0 Å². The number of anilines is 1. The van der Waals surface area contributed by atoms with E-state index in [2.05, 4.69) is 23.3 Å². The molecule has 0 radical (unpaired) electrons. The molecule has 0 aromatic carbocycles. The smallest absolute Gasteiger partial charge is 0.143 e. The van der Waals surface area contributed by atoms with Crippen LogP contribution in [0.4, 0.5) is 5.82 Å². The predicted octanol–water partition coefficient (Wildman–Crippen LogP) is 2.57. The Labute approximate surface area is 103 Å². The first-order chi connectivity index (χ1) is 8.38. The van der Waals surface area contributed by atoms with Crippen LogP contribution in [0.15, 0.2) is 18.3 Å². The molecule has 0 aliphatic heterocycles. The number of nitrogens with one attached hydrogen (secondary N) is 1. The van der Waals surface area contributed by atoms with Gasteiger partial charge in [-0.3, -0.25) is 0 Å². The molecule has 0 fully saturated rings. The Morgan fingerprint density at radius 2 is 2.24 bits per heavy atom. The van der Waals surface area contributed by atoms with Crippen molar-refractivity contribution < 1.29 is 4.74 Å². The molecule has 0 spiro atoms. The van der Waals surface area contributed by atoms with Gasteiger partial charge < -0.3 is 10.1 Å². The van der Waals surface area contributed by atoms with Crippen LogP contribution < -0.4 is 5.32 Å². The normalized spacial score (nSPS) is 9.88. The Balaban J connectivity index is 2.16. The van der Waals surface area contributed by atoms with Gasteiger partial charge in [-0.1, -0.05) is 13.3 Å². The molecule has 1 N–H and O–H groups in total. The van der Waals surface area contributed by atoms with Crippen LogP contribution in [0.2, 0.25) is 0 Å². The minimum atomic E-state index is 0.583. The van der Waals surface area contributed by atoms with E-state index >= 15 is 0 Å². The second-order valence-corrected chi connectivity index (χ2v) is 3.76. The summed E-state index contributed by atoms with van der Waals surface area (Å²) < 4.78 is 5.44. The lowest BCUT2D eigenvalue weighted by molar-refractivity contribution is 0.131. The van der Waals surface area contributed by atoms with Gasteiger partial charge in [0, 0.05) is 26.0 Å². The highest BCUT2D eigenvalue weighted by atomic mass is 16.5. The van der Waals surface area contributed by atoms with Gasteiger partial charge in [-0.25, -0.2) is 4.98 Å². The van der Waals surface area contributed by atoms with Crippen LogP contribution in [0.25, 0.3) is 0 Å². The zero-order valence-electron chi connectivity index (χ0n) is 10.3. The van der Waals surface area contributed by atoms with Gasteiger partial charge in [-0.15, -0.1) is 0 Å². The van der Waals surface area contributed by atoms with Crippen molar-refractivity contribution in [1.29, 1.82) is 5.26 Å². The van der Waals surface area contributed by atoms with Gasteiger partial charge in [0.05, 0.1) is 5.56 Å². The van der Waals surface area contributed by atoms with E-state index in [-0.39, 0.29) is 0 Å². The zero-order valence-corrected chi connectivity index (χ0v) is 10.3. The summed E-state index contributed by atoms with van der Waals surface area (Å²) >= 11 is 0. The minimum Gasteiger partial charge on any atom is -0.381 e. The van der Waals surface area contributed by atoms with E-state index in [4.69, 9.17) is 10.00 Å². The van der Waals surface area contributed by atoms with Crippen molar-refractivity contribution in [1.82, 2.24) is 4.98 Å². The SMILES string of the molecule is CCCCOCCCNc1ncccc1C#N. The van der Waals surface area contributed by atoms with Crippen LogP contribution in [0.3, 0.4) is 0 Å². The standard InChI is InChI=1S/C13H19N3O/c1-2-3-9-17-10-5-8-16-13-12(11-14)6-4-7-15-13/h4,6-7H,2-3,5,8-10H2,1H3,(H,15,16). The van der Waals surface area contributed by atoms with E-state index in [9.17, 15) is 0 Å². The van der Waals surface area contributed by atoms with Gasteiger partial charge >= 0.3 is 0 Å². The molecule has 92 valence electrons. The molecular weight excluding hydrogens is 214 g/mol. The van der Waals surface area contributed by atoms with Crippen LogP contribution in [-0.2, 0) is 4.74 Å². The number of hydrogen-bond acceptors (Lipinski definition) is 4. The molecule has 17 heavy (non-hydrogen) atoms. The third kappa shape index (κ3) is 5.32. The third-order valence-corrected chi connectivity index (χ3v) is 2.33. The summed E-state index contributed by atoms with van der Waals surface area (Å²) in [4.78, 5) is 4.12. The average molecular weight is 233 g/mol. The lowest BCUT2D eigenvalue weighted by atomic mass is 10.3. The molecule has 0 saturated carbocycles. The highest BCUT2D eigenvalue weighted by molar-refractivity contribution is 5.50. The van der Waals surface area contributed by atoms with Crippen molar-refractivity contribution in [3.8, 4) is 6.07 Å². The van der Waals surface area contributed by atoms with Crippen molar-refractivity contribution in [2.75, 3.05) is 25.1 Å². The largest absolute Gasteiger partial charge is 0.381 e. The van der Waals surface area contributed by atoms with Gasteiger partial charge in [-0.05, 0) is 25.0 Å². The fraction of sp³-hybridized carbons (Fsp3) is 0.538. The quantitative estimate of drug-likeness (QED) is 0.701. The number of pyridine rings is 1. The molecule has 0 aliphatic rings. The third-order valence-electron chi connectivity index (χ3n) is 2.33. The summed E-state index contributed by atoms with van der Waals surface area (Å²) in [7, 11) is 0. The first-order valence-corrected chi connectivity index (χ1v) is 6.05. The maximum absolute atomic E-state index is 8.86. The first kappa shape index (κ1) is 13.5.